The SMILES string of the molecule is CC1(C)c2ccccc2-c2c1ccc1c2NC(c2cccc(-c3nc4ccccc4n3-c3ccccc3)c2)=NC1C1=CC=CCCC1. The Morgan fingerprint density at radius 3 is 2.51 bits per heavy atom. The van der Waals surface area contributed by atoms with E-state index in [0.29, 0.717) is 0 Å². The number of amidine groups is 1. The van der Waals surface area contributed by atoms with Crippen LogP contribution in [0.4, 0.5) is 5.69 Å². The Morgan fingerprint density at radius 2 is 1.60 bits per heavy atom. The predicted molar refractivity (Wildman–Crippen MR) is 194 cm³/mol. The van der Waals surface area contributed by atoms with E-state index in [1.165, 1.54) is 39.1 Å². The van der Waals surface area contributed by atoms with Gasteiger partial charge in [-0.3, -0.25) is 9.56 Å². The molecule has 1 unspecified atom stereocenters. The molecule has 47 heavy (non-hydrogen) atoms. The van der Waals surface area contributed by atoms with Crippen LogP contribution in [-0.2, 0) is 5.41 Å². The summed E-state index contributed by atoms with van der Waals surface area (Å²) in [4.78, 5) is 10.7. The number of nitrogens with zero attached hydrogens (tertiary/aromatic N) is 3. The van der Waals surface area contributed by atoms with E-state index in [-0.39, 0.29) is 11.5 Å². The van der Waals surface area contributed by atoms with Crippen LogP contribution in [-0.4, -0.2) is 15.4 Å². The maximum Gasteiger partial charge on any atom is 0.145 e. The van der Waals surface area contributed by atoms with Crippen molar-refractivity contribution < 1.29 is 0 Å². The molecule has 0 amide bonds. The number of aromatic nitrogens is 2. The second-order valence-electron chi connectivity index (χ2n) is 13.4. The van der Waals surface area contributed by atoms with Gasteiger partial charge in [-0.05, 0) is 71.9 Å². The Hall–Kier alpha value is -5.48. The van der Waals surface area contributed by atoms with E-state index in [1.54, 1.807) is 0 Å². The maximum absolute atomic E-state index is 5.51. The third-order valence-corrected chi connectivity index (χ3v) is 10.2. The second-order valence-corrected chi connectivity index (χ2v) is 13.4. The smallest absolute Gasteiger partial charge is 0.145 e. The first kappa shape index (κ1) is 27.8. The molecule has 4 heteroatoms. The zero-order valence-electron chi connectivity index (χ0n) is 26.7. The molecule has 6 aromatic rings. The van der Waals surface area contributed by atoms with Gasteiger partial charge in [-0.2, -0.15) is 0 Å². The lowest BCUT2D eigenvalue weighted by molar-refractivity contribution is 0.659. The first-order valence-electron chi connectivity index (χ1n) is 16.7. The molecular formula is C43H36N4. The minimum Gasteiger partial charge on any atom is -0.339 e. The van der Waals surface area contributed by atoms with Gasteiger partial charge in [-0.25, -0.2) is 4.98 Å². The number of para-hydroxylation sites is 3. The van der Waals surface area contributed by atoms with E-state index in [9.17, 15) is 0 Å². The standard InChI is InChI=1S/C43H36N4/c1-43(2)34-22-11-10-21-32(34)38-35(43)26-25-33-39(28-15-6-3-4-7-16-28)45-41(46-40(33)38)29-17-14-18-30(27-29)42-44-36-23-12-13-24-37(36)47(42)31-19-8-5-9-20-31/h3,5-6,8-15,17-27,39H,4,7,16H2,1-2H3,(H,45,46). The highest BCUT2D eigenvalue weighted by atomic mass is 15.1. The number of nitrogens with one attached hydrogen (secondary N) is 1. The third kappa shape index (κ3) is 4.43. The first-order valence-corrected chi connectivity index (χ1v) is 16.7. The Morgan fingerprint density at radius 1 is 0.787 bits per heavy atom. The predicted octanol–water partition coefficient (Wildman–Crippen LogP) is 10.6. The second kappa shape index (κ2) is 10.8. The molecule has 1 aromatic heterocycles. The first-order chi connectivity index (χ1) is 23.1. The summed E-state index contributed by atoms with van der Waals surface area (Å²) < 4.78 is 2.26. The zero-order valence-corrected chi connectivity index (χ0v) is 26.7. The Labute approximate surface area is 275 Å². The number of fused-ring (bicyclic) bond motifs is 6. The van der Waals surface area contributed by atoms with Gasteiger partial charge >= 0.3 is 0 Å². The molecule has 1 aliphatic heterocycles. The highest BCUT2D eigenvalue weighted by molar-refractivity contribution is 6.13. The van der Waals surface area contributed by atoms with Gasteiger partial charge in [0.2, 0.25) is 0 Å². The number of imidazole rings is 1. The van der Waals surface area contributed by atoms with Crippen LogP contribution < -0.4 is 5.32 Å². The van der Waals surface area contributed by atoms with Crippen LogP contribution in [0.5, 0.6) is 0 Å². The molecule has 2 heterocycles. The van der Waals surface area contributed by atoms with E-state index >= 15 is 0 Å². The van der Waals surface area contributed by atoms with Gasteiger partial charge in [0.1, 0.15) is 17.7 Å². The van der Waals surface area contributed by atoms with E-state index < -0.39 is 0 Å². The Kier molecular flexibility index (Phi) is 6.39. The lowest BCUT2D eigenvalue weighted by Crippen LogP contribution is -2.24. The highest BCUT2D eigenvalue weighted by Crippen LogP contribution is 2.54. The molecule has 0 saturated carbocycles. The van der Waals surface area contributed by atoms with Gasteiger partial charge in [0.05, 0.1) is 16.7 Å². The average molecular weight is 609 g/mol. The summed E-state index contributed by atoms with van der Waals surface area (Å²) in [6, 6.07) is 41.1. The number of hydrogen-bond donors (Lipinski definition) is 1. The van der Waals surface area contributed by atoms with Gasteiger partial charge in [0.15, 0.2) is 0 Å². The molecule has 5 aromatic carbocycles. The van der Waals surface area contributed by atoms with Gasteiger partial charge in [0.25, 0.3) is 0 Å². The monoisotopic (exact) mass is 608 g/mol. The number of rotatable bonds is 4. The van der Waals surface area contributed by atoms with Crippen LogP contribution in [0.1, 0.15) is 61.4 Å². The van der Waals surface area contributed by atoms with Gasteiger partial charge in [0, 0.05) is 33.4 Å². The van der Waals surface area contributed by atoms with Gasteiger partial charge < -0.3 is 5.32 Å². The van der Waals surface area contributed by atoms with Crippen molar-refractivity contribution in [2.75, 3.05) is 5.32 Å². The molecule has 0 spiro atoms. The normalized spacial score (nSPS) is 17.6. The summed E-state index contributed by atoms with van der Waals surface area (Å²) >= 11 is 0. The minimum atomic E-state index is -0.0757. The van der Waals surface area contributed by atoms with Crippen molar-refractivity contribution in [2.24, 2.45) is 4.99 Å². The van der Waals surface area contributed by atoms with Crippen LogP contribution in [0.15, 0.2) is 144 Å². The zero-order chi connectivity index (χ0) is 31.5. The lowest BCUT2D eigenvalue weighted by Gasteiger charge is -2.30. The molecule has 2 aliphatic carbocycles. The fourth-order valence-corrected chi connectivity index (χ4v) is 7.84. The van der Waals surface area contributed by atoms with Crippen LogP contribution >= 0.6 is 0 Å². The topological polar surface area (TPSA) is 42.2 Å². The van der Waals surface area contributed by atoms with Crippen LogP contribution in [0.3, 0.4) is 0 Å². The molecular weight excluding hydrogens is 573 g/mol. The highest BCUT2D eigenvalue weighted by Gasteiger charge is 2.39. The number of aliphatic imine (C=N–C) groups is 1. The van der Waals surface area contributed by atoms with Crippen molar-refractivity contribution in [1.29, 1.82) is 0 Å². The van der Waals surface area contributed by atoms with Crippen molar-refractivity contribution in [3.8, 4) is 28.2 Å². The van der Waals surface area contributed by atoms with E-state index in [2.05, 4.69) is 157 Å². The molecule has 1 atom stereocenters. The summed E-state index contributed by atoms with van der Waals surface area (Å²) in [5.41, 5.74) is 14.4. The number of anilines is 1. The summed E-state index contributed by atoms with van der Waals surface area (Å²) in [6.45, 7) is 4.70. The summed E-state index contributed by atoms with van der Waals surface area (Å²) in [5.74, 6) is 1.82. The molecule has 0 radical (unpaired) electrons. The Bertz CT molecular complexity index is 2280. The largest absolute Gasteiger partial charge is 0.339 e. The van der Waals surface area contributed by atoms with Gasteiger partial charge in [-0.15, -0.1) is 0 Å². The molecule has 228 valence electrons. The average Bonchev–Trinajstić information content (AvgIpc) is 3.46. The molecule has 4 nitrogen and oxygen atoms in total. The molecule has 0 saturated heterocycles. The van der Waals surface area contributed by atoms with E-state index in [1.807, 2.05) is 0 Å². The molecule has 0 bridgehead atoms. The molecule has 1 N–H and O–H groups in total. The fourth-order valence-electron chi connectivity index (χ4n) is 7.84. The number of benzene rings is 5. The minimum absolute atomic E-state index is 0.0530. The van der Waals surface area contributed by atoms with Gasteiger partial charge in [-0.1, -0.05) is 117 Å². The molecule has 0 fully saturated rings. The number of hydrogen-bond acceptors (Lipinski definition) is 3. The van der Waals surface area contributed by atoms with Crippen molar-refractivity contribution in [3.05, 3.63) is 161 Å². The van der Waals surface area contributed by atoms with E-state index in [4.69, 9.17) is 9.98 Å². The lowest BCUT2D eigenvalue weighted by atomic mass is 9.81. The summed E-state index contributed by atoms with van der Waals surface area (Å²) in [7, 11) is 0. The van der Waals surface area contributed by atoms with Crippen molar-refractivity contribution in [3.63, 3.8) is 0 Å². The Balaban J connectivity index is 1.22. The van der Waals surface area contributed by atoms with Crippen LogP contribution in [0.2, 0.25) is 0 Å². The van der Waals surface area contributed by atoms with Crippen molar-refractivity contribution >= 4 is 22.6 Å². The van der Waals surface area contributed by atoms with Crippen molar-refractivity contribution in [2.45, 2.75) is 44.6 Å². The summed E-state index contributed by atoms with van der Waals surface area (Å²) in [6.07, 6.45) is 10.1. The fraction of sp³-hybridized carbons (Fsp3) is 0.163. The molecule has 9 rings (SSSR count). The summed E-state index contributed by atoms with van der Waals surface area (Å²) in [5, 5.41) is 3.91. The molecule has 3 aliphatic rings. The van der Waals surface area contributed by atoms with Crippen LogP contribution in [0, 0.1) is 0 Å². The van der Waals surface area contributed by atoms with Crippen LogP contribution in [0.25, 0.3) is 39.2 Å². The van der Waals surface area contributed by atoms with Crippen molar-refractivity contribution in [1.82, 2.24) is 9.55 Å². The van der Waals surface area contributed by atoms with E-state index in [0.717, 1.165) is 58.8 Å². The third-order valence-electron chi connectivity index (χ3n) is 10.2. The quantitative estimate of drug-likeness (QED) is 0.216. The number of allylic oxidation sites excluding steroid dienone is 3. The maximum atomic E-state index is 5.51.